The van der Waals surface area contributed by atoms with Crippen molar-refractivity contribution < 1.29 is 0 Å². The Morgan fingerprint density at radius 1 is 1.31 bits per heavy atom. The monoisotopic (exact) mass is 238 g/mol. The van der Waals surface area contributed by atoms with Gasteiger partial charge in [0.15, 0.2) is 0 Å². The van der Waals surface area contributed by atoms with E-state index in [-0.39, 0.29) is 0 Å². The fraction of sp³-hybridized carbons (Fsp3) is 0.600. The molecule has 1 aromatic rings. The molecule has 0 amide bonds. The van der Waals surface area contributed by atoms with E-state index in [0.717, 1.165) is 18.2 Å². The van der Waals surface area contributed by atoms with Gasteiger partial charge in [-0.1, -0.05) is 50.1 Å². The number of rotatable bonds is 6. The van der Waals surface area contributed by atoms with Gasteiger partial charge in [-0.15, -0.1) is 11.6 Å². The third-order valence-corrected chi connectivity index (χ3v) is 3.69. The van der Waals surface area contributed by atoms with Crippen LogP contribution in [0.4, 0.5) is 0 Å². The van der Waals surface area contributed by atoms with E-state index in [0.29, 0.717) is 5.92 Å². The first-order chi connectivity index (χ1) is 7.65. The Labute approximate surface area is 105 Å². The van der Waals surface area contributed by atoms with E-state index in [9.17, 15) is 0 Å². The summed E-state index contributed by atoms with van der Waals surface area (Å²) >= 11 is 6.06. The lowest BCUT2D eigenvalue weighted by atomic mass is 9.90. The van der Waals surface area contributed by atoms with Crippen molar-refractivity contribution in [2.75, 3.05) is 5.88 Å². The summed E-state index contributed by atoms with van der Waals surface area (Å²) in [7, 11) is 0. The van der Waals surface area contributed by atoms with E-state index in [1.54, 1.807) is 0 Å². The quantitative estimate of drug-likeness (QED) is 0.623. The lowest BCUT2D eigenvalue weighted by Gasteiger charge is -2.18. The summed E-state index contributed by atoms with van der Waals surface area (Å²) in [4.78, 5) is 0. The molecule has 1 rings (SSSR count). The van der Waals surface area contributed by atoms with Crippen LogP contribution in [0.5, 0.6) is 0 Å². The third kappa shape index (κ3) is 4.57. The van der Waals surface area contributed by atoms with E-state index < -0.39 is 0 Å². The number of halogens is 1. The standard InChI is InChI=1S/C15H23Cl/c1-4-12(2)8-15(11-16)10-14-7-5-6-13(3)9-14/h5-7,9,12,15H,4,8,10-11H2,1-3H3. The van der Waals surface area contributed by atoms with E-state index >= 15 is 0 Å². The Bertz CT molecular complexity index is 306. The van der Waals surface area contributed by atoms with Gasteiger partial charge >= 0.3 is 0 Å². The maximum Gasteiger partial charge on any atom is 0.0255 e. The van der Waals surface area contributed by atoms with E-state index in [1.165, 1.54) is 24.0 Å². The maximum absolute atomic E-state index is 6.06. The summed E-state index contributed by atoms with van der Waals surface area (Å²) in [5.41, 5.74) is 2.77. The van der Waals surface area contributed by atoms with Gasteiger partial charge in [0, 0.05) is 5.88 Å². The molecule has 0 aliphatic carbocycles. The van der Waals surface area contributed by atoms with E-state index in [4.69, 9.17) is 11.6 Å². The van der Waals surface area contributed by atoms with Crippen LogP contribution in [-0.4, -0.2) is 5.88 Å². The second-order valence-corrected chi connectivity index (χ2v) is 5.27. The molecule has 0 heterocycles. The number of benzene rings is 1. The van der Waals surface area contributed by atoms with Crippen LogP contribution in [0, 0.1) is 18.8 Å². The lowest BCUT2D eigenvalue weighted by molar-refractivity contribution is 0.407. The largest absolute Gasteiger partial charge is 0.126 e. The molecule has 0 fully saturated rings. The zero-order valence-electron chi connectivity index (χ0n) is 10.7. The molecule has 0 saturated carbocycles. The van der Waals surface area contributed by atoms with Crippen molar-refractivity contribution >= 4 is 11.6 Å². The maximum atomic E-state index is 6.06. The number of hydrogen-bond donors (Lipinski definition) is 0. The van der Waals surface area contributed by atoms with Gasteiger partial charge in [0.25, 0.3) is 0 Å². The van der Waals surface area contributed by atoms with Crippen molar-refractivity contribution in [3.8, 4) is 0 Å². The molecule has 0 aliphatic heterocycles. The molecule has 16 heavy (non-hydrogen) atoms. The van der Waals surface area contributed by atoms with Crippen LogP contribution in [-0.2, 0) is 6.42 Å². The molecule has 0 N–H and O–H groups in total. The Hall–Kier alpha value is -0.490. The van der Waals surface area contributed by atoms with Crippen LogP contribution in [0.1, 0.15) is 37.8 Å². The molecule has 0 nitrogen and oxygen atoms in total. The number of aryl methyl sites for hydroxylation is 1. The molecule has 2 atom stereocenters. The van der Waals surface area contributed by atoms with Crippen LogP contribution in [0.25, 0.3) is 0 Å². The average molecular weight is 239 g/mol. The third-order valence-electron chi connectivity index (χ3n) is 3.26. The summed E-state index contributed by atoms with van der Waals surface area (Å²) < 4.78 is 0. The summed E-state index contributed by atoms with van der Waals surface area (Å²) in [6.07, 6.45) is 3.62. The van der Waals surface area contributed by atoms with Crippen LogP contribution in [0.3, 0.4) is 0 Å². The van der Waals surface area contributed by atoms with Gasteiger partial charge in [0.1, 0.15) is 0 Å². The van der Waals surface area contributed by atoms with Crippen molar-refractivity contribution in [3.63, 3.8) is 0 Å². The first kappa shape index (κ1) is 13.6. The molecule has 1 heteroatoms. The predicted octanol–water partition coefficient (Wildman–Crippen LogP) is 4.83. The Kier molecular flexibility index (Phi) is 5.90. The number of hydrogen-bond acceptors (Lipinski definition) is 0. The van der Waals surface area contributed by atoms with Crippen molar-refractivity contribution in [2.45, 2.75) is 40.0 Å². The summed E-state index contributed by atoms with van der Waals surface area (Å²) in [5.74, 6) is 2.19. The highest BCUT2D eigenvalue weighted by Crippen LogP contribution is 2.21. The molecule has 0 saturated heterocycles. The molecule has 90 valence electrons. The van der Waals surface area contributed by atoms with Gasteiger partial charge in [-0.3, -0.25) is 0 Å². The first-order valence-electron chi connectivity index (χ1n) is 6.27. The zero-order valence-corrected chi connectivity index (χ0v) is 11.4. The van der Waals surface area contributed by atoms with Gasteiger partial charge in [0.2, 0.25) is 0 Å². The highest BCUT2D eigenvalue weighted by atomic mass is 35.5. The minimum absolute atomic E-state index is 0.624. The van der Waals surface area contributed by atoms with Crippen molar-refractivity contribution in [1.29, 1.82) is 0 Å². The van der Waals surface area contributed by atoms with Gasteiger partial charge in [-0.2, -0.15) is 0 Å². The van der Waals surface area contributed by atoms with E-state index in [2.05, 4.69) is 45.0 Å². The Morgan fingerprint density at radius 3 is 2.62 bits per heavy atom. The first-order valence-corrected chi connectivity index (χ1v) is 6.80. The molecule has 0 aromatic heterocycles. The number of alkyl halides is 1. The van der Waals surface area contributed by atoms with Crippen molar-refractivity contribution in [2.24, 2.45) is 11.8 Å². The normalized spacial score (nSPS) is 14.8. The molecule has 0 radical (unpaired) electrons. The van der Waals surface area contributed by atoms with Crippen LogP contribution in [0.15, 0.2) is 24.3 Å². The molecule has 0 aliphatic rings. The highest BCUT2D eigenvalue weighted by Gasteiger charge is 2.12. The zero-order chi connectivity index (χ0) is 12.0. The van der Waals surface area contributed by atoms with Crippen molar-refractivity contribution in [1.82, 2.24) is 0 Å². The average Bonchev–Trinajstić information content (AvgIpc) is 2.28. The Balaban J connectivity index is 2.56. The lowest BCUT2D eigenvalue weighted by Crippen LogP contribution is -2.11. The molecular formula is C15H23Cl. The van der Waals surface area contributed by atoms with Gasteiger partial charge in [-0.25, -0.2) is 0 Å². The topological polar surface area (TPSA) is 0 Å². The molecule has 0 bridgehead atoms. The smallest absolute Gasteiger partial charge is 0.0255 e. The second-order valence-electron chi connectivity index (χ2n) is 4.96. The van der Waals surface area contributed by atoms with Crippen LogP contribution >= 0.6 is 11.6 Å². The predicted molar refractivity (Wildman–Crippen MR) is 73.2 cm³/mol. The fourth-order valence-electron chi connectivity index (χ4n) is 2.11. The van der Waals surface area contributed by atoms with Crippen molar-refractivity contribution in [3.05, 3.63) is 35.4 Å². The van der Waals surface area contributed by atoms with Gasteiger partial charge < -0.3 is 0 Å². The van der Waals surface area contributed by atoms with Gasteiger partial charge in [0.05, 0.1) is 0 Å². The minimum Gasteiger partial charge on any atom is -0.126 e. The Morgan fingerprint density at radius 2 is 2.06 bits per heavy atom. The molecular weight excluding hydrogens is 216 g/mol. The van der Waals surface area contributed by atoms with E-state index in [1.807, 2.05) is 0 Å². The molecule has 1 aromatic carbocycles. The summed E-state index contributed by atoms with van der Waals surface area (Å²) in [5, 5.41) is 0. The van der Waals surface area contributed by atoms with Gasteiger partial charge in [-0.05, 0) is 37.2 Å². The minimum atomic E-state index is 0.624. The van der Waals surface area contributed by atoms with Crippen LogP contribution < -0.4 is 0 Å². The highest BCUT2D eigenvalue weighted by molar-refractivity contribution is 6.18. The summed E-state index contributed by atoms with van der Waals surface area (Å²) in [6, 6.07) is 8.77. The van der Waals surface area contributed by atoms with Crippen LogP contribution in [0.2, 0.25) is 0 Å². The molecule has 0 spiro atoms. The fourth-order valence-corrected chi connectivity index (χ4v) is 2.34. The summed E-state index contributed by atoms with van der Waals surface area (Å²) in [6.45, 7) is 6.71. The SMILES string of the molecule is CCC(C)CC(CCl)Cc1cccc(C)c1. The molecule has 2 unspecified atom stereocenters. The second kappa shape index (κ2) is 6.96.